The van der Waals surface area contributed by atoms with Crippen molar-refractivity contribution in [2.24, 2.45) is 5.92 Å². The Hall–Kier alpha value is -1.56. The summed E-state index contributed by atoms with van der Waals surface area (Å²) in [5.74, 6) is -0.903. The maximum atomic E-state index is 11.8. The zero-order valence-corrected chi connectivity index (χ0v) is 11.1. The molecular weight excluding hydrogens is 302 g/mol. The van der Waals surface area contributed by atoms with E-state index in [4.69, 9.17) is 9.52 Å². The zero-order chi connectivity index (χ0) is 13.1. The molecule has 1 fully saturated rings. The highest BCUT2D eigenvalue weighted by Gasteiger charge is 2.29. The molecule has 1 saturated heterocycles. The van der Waals surface area contributed by atoms with Crippen molar-refractivity contribution in [1.82, 2.24) is 4.90 Å². The molecule has 1 N–H and O–H groups in total. The SMILES string of the molecule is O=C(O)C1CCN(C(=O)C=Cc2ccc(Br)o2)C1. The molecule has 5 nitrogen and oxygen atoms in total. The molecule has 0 spiro atoms. The average Bonchev–Trinajstić information content (AvgIpc) is 2.94. The predicted octanol–water partition coefficient (Wildman–Crippen LogP) is 1.99. The van der Waals surface area contributed by atoms with E-state index in [1.165, 1.54) is 11.0 Å². The van der Waals surface area contributed by atoms with E-state index in [1.54, 1.807) is 18.2 Å². The fraction of sp³-hybridized carbons (Fsp3) is 0.333. The van der Waals surface area contributed by atoms with E-state index in [1.807, 2.05) is 0 Å². The Bertz CT molecular complexity index is 494. The van der Waals surface area contributed by atoms with Crippen LogP contribution >= 0.6 is 15.9 Å². The van der Waals surface area contributed by atoms with E-state index in [0.29, 0.717) is 23.4 Å². The second-order valence-electron chi connectivity index (χ2n) is 4.08. The Morgan fingerprint density at radius 2 is 2.28 bits per heavy atom. The number of carboxylic acids is 1. The third-order valence-corrected chi connectivity index (χ3v) is 3.26. The van der Waals surface area contributed by atoms with Gasteiger partial charge in [-0.25, -0.2) is 0 Å². The molecule has 0 radical (unpaired) electrons. The number of amides is 1. The van der Waals surface area contributed by atoms with Gasteiger partial charge in [-0.3, -0.25) is 9.59 Å². The minimum atomic E-state index is -0.843. The van der Waals surface area contributed by atoms with Crippen LogP contribution in [0, 0.1) is 5.92 Å². The number of rotatable bonds is 3. The highest BCUT2D eigenvalue weighted by Crippen LogP contribution is 2.18. The lowest BCUT2D eigenvalue weighted by Gasteiger charge is -2.12. The molecule has 96 valence electrons. The van der Waals surface area contributed by atoms with Crippen molar-refractivity contribution >= 4 is 33.9 Å². The first-order valence-corrected chi connectivity index (χ1v) is 6.30. The lowest BCUT2D eigenvalue weighted by atomic mass is 10.1. The fourth-order valence-electron chi connectivity index (χ4n) is 1.84. The number of hydrogen-bond donors (Lipinski definition) is 1. The molecule has 0 aromatic carbocycles. The van der Waals surface area contributed by atoms with Crippen molar-refractivity contribution in [2.45, 2.75) is 6.42 Å². The Morgan fingerprint density at radius 1 is 1.50 bits per heavy atom. The first kappa shape index (κ1) is 12.9. The van der Waals surface area contributed by atoms with Crippen molar-refractivity contribution in [3.8, 4) is 0 Å². The smallest absolute Gasteiger partial charge is 0.308 e. The van der Waals surface area contributed by atoms with Gasteiger partial charge in [0.15, 0.2) is 4.67 Å². The molecular formula is C12H12BrNO4. The van der Waals surface area contributed by atoms with Crippen molar-refractivity contribution in [2.75, 3.05) is 13.1 Å². The number of hydrogen-bond acceptors (Lipinski definition) is 3. The molecule has 2 rings (SSSR count). The summed E-state index contributed by atoms with van der Waals surface area (Å²) in [7, 11) is 0. The average molecular weight is 314 g/mol. The second kappa shape index (κ2) is 5.39. The van der Waals surface area contributed by atoms with Crippen LogP contribution in [0.3, 0.4) is 0 Å². The van der Waals surface area contributed by atoms with Crippen LogP contribution in [-0.4, -0.2) is 35.0 Å². The minimum Gasteiger partial charge on any atom is -0.481 e. The summed E-state index contributed by atoms with van der Waals surface area (Å²) in [6, 6.07) is 3.47. The van der Waals surface area contributed by atoms with Crippen LogP contribution < -0.4 is 0 Å². The number of carbonyl (C=O) groups is 2. The van der Waals surface area contributed by atoms with Crippen molar-refractivity contribution in [3.63, 3.8) is 0 Å². The normalized spacial score (nSPS) is 19.6. The molecule has 1 aromatic rings. The van der Waals surface area contributed by atoms with Gasteiger partial charge in [0, 0.05) is 19.2 Å². The highest BCUT2D eigenvalue weighted by atomic mass is 79.9. The molecule has 18 heavy (non-hydrogen) atoms. The first-order valence-electron chi connectivity index (χ1n) is 5.51. The Balaban J connectivity index is 1.93. The van der Waals surface area contributed by atoms with Gasteiger partial charge < -0.3 is 14.4 Å². The van der Waals surface area contributed by atoms with E-state index < -0.39 is 11.9 Å². The number of halogens is 1. The lowest BCUT2D eigenvalue weighted by Crippen LogP contribution is -2.28. The molecule has 2 heterocycles. The summed E-state index contributed by atoms with van der Waals surface area (Å²) in [5.41, 5.74) is 0. The maximum absolute atomic E-state index is 11.8. The molecule has 0 saturated carbocycles. The van der Waals surface area contributed by atoms with Gasteiger partial charge in [0.2, 0.25) is 5.91 Å². The maximum Gasteiger partial charge on any atom is 0.308 e. The van der Waals surface area contributed by atoms with Crippen LogP contribution in [0.1, 0.15) is 12.2 Å². The van der Waals surface area contributed by atoms with Gasteiger partial charge in [0.25, 0.3) is 0 Å². The topological polar surface area (TPSA) is 70.8 Å². The molecule has 1 aromatic heterocycles. The Morgan fingerprint density at radius 3 is 2.83 bits per heavy atom. The number of likely N-dealkylation sites (tertiary alicyclic amines) is 1. The van der Waals surface area contributed by atoms with Gasteiger partial charge in [0.1, 0.15) is 5.76 Å². The molecule has 1 atom stereocenters. The largest absolute Gasteiger partial charge is 0.481 e. The van der Waals surface area contributed by atoms with Crippen LogP contribution in [0.25, 0.3) is 6.08 Å². The zero-order valence-electron chi connectivity index (χ0n) is 9.51. The van der Waals surface area contributed by atoms with Crippen LogP contribution in [-0.2, 0) is 9.59 Å². The van der Waals surface area contributed by atoms with E-state index >= 15 is 0 Å². The summed E-state index contributed by atoms with van der Waals surface area (Å²) in [6.07, 6.45) is 3.48. The third-order valence-electron chi connectivity index (χ3n) is 2.83. The third kappa shape index (κ3) is 3.01. The number of nitrogens with zero attached hydrogens (tertiary/aromatic N) is 1. The van der Waals surface area contributed by atoms with Gasteiger partial charge in [0.05, 0.1) is 5.92 Å². The van der Waals surface area contributed by atoms with Crippen LogP contribution in [0.2, 0.25) is 0 Å². The van der Waals surface area contributed by atoms with E-state index in [0.717, 1.165) is 0 Å². The lowest BCUT2D eigenvalue weighted by molar-refractivity contribution is -0.141. The first-order chi connectivity index (χ1) is 8.56. The quantitative estimate of drug-likeness (QED) is 0.866. The van der Waals surface area contributed by atoms with Crippen LogP contribution in [0.15, 0.2) is 27.3 Å². The molecule has 1 amide bonds. The second-order valence-corrected chi connectivity index (χ2v) is 4.86. The number of aliphatic carboxylic acids is 1. The number of carbonyl (C=O) groups excluding carboxylic acids is 1. The van der Waals surface area contributed by atoms with Crippen molar-refractivity contribution in [3.05, 3.63) is 28.6 Å². The minimum absolute atomic E-state index is 0.189. The molecule has 0 aliphatic carbocycles. The number of carboxylic acid groups (broad SMARTS) is 1. The summed E-state index contributed by atoms with van der Waals surface area (Å²) >= 11 is 3.17. The Kier molecular flexibility index (Phi) is 3.86. The van der Waals surface area contributed by atoms with Crippen molar-refractivity contribution < 1.29 is 19.1 Å². The van der Waals surface area contributed by atoms with Crippen LogP contribution in [0.5, 0.6) is 0 Å². The monoisotopic (exact) mass is 313 g/mol. The number of furan rings is 1. The molecule has 1 aliphatic rings. The van der Waals surface area contributed by atoms with Gasteiger partial charge >= 0.3 is 5.97 Å². The molecule has 1 unspecified atom stereocenters. The Labute approximate surface area is 112 Å². The highest BCUT2D eigenvalue weighted by molar-refractivity contribution is 9.10. The summed E-state index contributed by atoms with van der Waals surface area (Å²) in [6.45, 7) is 0.766. The molecule has 0 bridgehead atoms. The summed E-state index contributed by atoms with van der Waals surface area (Å²) < 4.78 is 5.82. The fourth-order valence-corrected chi connectivity index (χ4v) is 2.16. The van der Waals surface area contributed by atoms with Crippen molar-refractivity contribution in [1.29, 1.82) is 0 Å². The van der Waals surface area contributed by atoms with Gasteiger partial charge in [-0.2, -0.15) is 0 Å². The van der Waals surface area contributed by atoms with E-state index in [2.05, 4.69) is 15.9 Å². The summed E-state index contributed by atoms with van der Waals surface area (Å²) in [4.78, 5) is 24.1. The molecule has 6 heteroatoms. The standard InChI is InChI=1S/C12H12BrNO4/c13-10-3-1-9(18-10)2-4-11(15)14-6-5-8(7-14)12(16)17/h1-4,8H,5-7H2,(H,16,17). The predicted molar refractivity (Wildman–Crippen MR) is 67.8 cm³/mol. The van der Waals surface area contributed by atoms with Gasteiger partial charge in [-0.15, -0.1) is 0 Å². The van der Waals surface area contributed by atoms with Crippen LogP contribution in [0.4, 0.5) is 0 Å². The molecule has 1 aliphatic heterocycles. The van der Waals surface area contributed by atoms with E-state index in [9.17, 15) is 9.59 Å². The van der Waals surface area contributed by atoms with Gasteiger partial charge in [-0.1, -0.05) is 0 Å². The van der Waals surface area contributed by atoms with E-state index in [-0.39, 0.29) is 12.5 Å². The summed E-state index contributed by atoms with van der Waals surface area (Å²) in [5, 5.41) is 8.85. The van der Waals surface area contributed by atoms with Gasteiger partial charge in [-0.05, 0) is 40.6 Å².